The normalized spacial score (nSPS) is 24.3. The number of aryl methyl sites for hydroxylation is 1. The summed E-state index contributed by atoms with van der Waals surface area (Å²) in [4.78, 5) is 42.8. The van der Waals surface area contributed by atoms with Crippen LogP contribution in [-0.2, 0) is 14.4 Å². The van der Waals surface area contributed by atoms with Crippen molar-refractivity contribution in [2.24, 2.45) is 17.8 Å². The number of benzene rings is 4. The Balaban J connectivity index is 1.44. The fourth-order valence-electron chi connectivity index (χ4n) is 6.24. The lowest BCUT2D eigenvalue weighted by atomic mass is 9.64. The standard InChI is InChI=1S/C32H23NO4/c1-18-11-14-21(15-12-18)33-30(34)26-24(19-7-3-2-4-8-19)17-25-23-16-13-20-9-5-6-10-22(20)29(23)37-32(36)27(25)28(26)31(33)35/h2-17,24,26-28H,1H3/t24-,26-,27-,28+/m1/s1. The van der Waals surface area contributed by atoms with Crippen molar-refractivity contribution in [2.75, 3.05) is 4.90 Å². The van der Waals surface area contributed by atoms with Crippen LogP contribution in [-0.4, -0.2) is 17.8 Å². The van der Waals surface area contributed by atoms with Crippen LogP contribution in [0, 0.1) is 24.7 Å². The number of carbonyl (C=O) groups is 3. The highest BCUT2D eigenvalue weighted by Crippen LogP contribution is 2.55. The van der Waals surface area contributed by atoms with Gasteiger partial charge >= 0.3 is 5.97 Å². The largest absolute Gasteiger partial charge is 0.425 e. The van der Waals surface area contributed by atoms with E-state index in [1.165, 1.54) is 4.90 Å². The third kappa shape index (κ3) is 3.13. The van der Waals surface area contributed by atoms with Crippen molar-refractivity contribution in [1.82, 2.24) is 0 Å². The third-order valence-electron chi connectivity index (χ3n) is 7.96. The molecular formula is C32H23NO4. The Morgan fingerprint density at radius 1 is 0.730 bits per heavy atom. The van der Waals surface area contributed by atoms with E-state index in [1.807, 2.05) is 91.9 Å². The first-order chi connectivity index (χ1) is 18.0. The van der Waals surface area contributed by atoms with Crippen molar-refractivity contribution in [3.63, 3.8) is 0 Å². The van der Waals surface area contributed by atoms with E-state index in [1.54, 1.807) is 12.1 Å². The second-order valence-electron chi connectivity index (χ2n) is 10.0. The van der Waals surface area contributed by atoms with E-state index >= 15 is 0 Å². The fraction of sp³-hybridized carbons (Fsp3) is 0.156. The number of rotatable bonds is 2. The van der Waals surface area contributed by atoms with Crippen LogP contribution < -0.4 is 9.64 Å². The van der Waals surface area contributed by atoms with Gasteiger partial charge in [-0.3, -0.25) is 14.4 Å². The lowest BCUT2D eigenvalue weighted by Gasteiger charge is -2.38. The van der Waals surface area contributed by atoms with Crippen molar-refractivity contribution >= 4 is 39.8 Å². The molecule has 0 radical (unpaired) electrons. The maximum atomic E-state index is 14.0. The van der Waals surface area contributed by atoms with Crippen LogP contribution in [0.1, 0.15) is 22.6 Å². The molecule has 0 saturated carbocycles. The third-order valence-corrected chi connectivity index (χ3v) is 7.96. The summed E-state index contributed by atoms with van der Waals surface area (Å²) < 4.78 is 5.94. The summed E-state index contributed by atoms with van der Waals surface area (Å²) in [5.74, 6) is -3.33. The molecule has 1 aliphatic carbocycles. The minimum Gasteiger partial charge on any atom is -0.425 e. The first kappa shape index (κ1) is 21.7. The van der Waals surface area contributed by atoms with E-state index in [0.29, 0.717) is 11.4 Å². The Kier molecular flexibility index (Phi) is 4.70. The van der Waals surface area contributed by atoms with Gasteiger partial charge in [0.2, 0.25) is 11.8 Å². The first-order valence-electron chi connectivity index (χ1n) is 12.5. The minimum atomic E-state index is -0.842. The number of fused-ring (bicyclic) bond motifs is 7. The van der Waals surface area contributed by atoms with E-state index in [-0.39, 0.29) is 17.7 Å². The van der Waals surface area contributed by atoms with Crippen LogP contribution in [0.25, 0.3) is 16.3 Å². The fourth-order valence-corrected chi connectivity index (χ4v) is 6.24. The molecule has 4 atom stereocenters. The average Bonchev–Trinajstić information content (AvgIpc) is 3.19. The first-order valence-corrected chi connectivity index (χ1v) is 12.5. The highest BCUT2D eigenvalue weighted by atomic mass is 16.5. The van der Waals surface area contributed by atoms with Gasteiger partial charge in [-0.25, -0.2) is 4.90 Å². The number of hydrogen-bond donors (Lipinski definition) is 0. The minimum absolute atomic E-state index is 0.278. The van der Waals surface area contributed by atoms with Crippen LogP contribution in [0.3, 0.4) is 0 Å². The topological polar surface area (TPSA) is 63.7 Å². The molecule has 7 rings (SSSR count). The van der Waals surface area contributed by atoms with Gasteiger partial charge in [0.15, 0.2) is 0 Å². The summed E-state index contributed by atoms with van der Waals surface area (Å²) in [5.41, 5.74) is 4.07. The van der Waals surface area contributed by atoms with E-state index < -0.39 is 23.7 Å². The van der Waals surface area contributed by atoms with Gasteiger partial charge in [-0.1, -0.05) is 90.5 Å². The van der Waals surface area contributed by atoms with Gasteiger partial charge in [0.25, 0.3) is 0 Å². The second-order valence-corrected chi connectivity index (χ2v) is 10.0. The Bertz CT molecular complexity index is 1640. The maximum absolute atomic E-state index is 14.0. The van der Waals surface area contributed by atoms with E-state index in [0.717, 1.165) is 33.0 Å². The summed E-state index contributed by atoms with van der Waals surface area (Å²) in [5, 5.41) is 1.82. The van der Waals surface area contributed by atoms with Crippen LogP contribution in [0.2, 0.25) is 0 Å². The Morgan fingerprint density at radius 3 is 2.22 bits per heavy atom. The van der Waals surface area contributed by atoms with E-state index in [9.17, 15) is 14.4 Å². The quantitative estimate of drug-likeness (QED) is 0.209. The zero-order valence-electron chi connectivity index (χ0n) is 20.1. The number of esters is 1. The van der Waals surface area contributed by atoms with Crippen molar-refractivity contribution in [2.45, 2.75) is 12.8 Å². The summed E-state index contributed by atoms with van der Waals surface area (Å²) in [6.07, 6.45) is 2.03. The number of hydrogen-bond acceptors (Lipinski definition) is 4. The molecule has 0 spiro atoms. The molecule has 2 heterocycles. The maximum Gasteiger partial charge on any atom is 0.319 e. The van der Waals surface area contributed by atoms with Crippen LogP contribution in [0.4, 0.5) is 5.69 Å². The Morgan fingerprint density at radius 2 is 1.43 bits per heavy atom. The molecule has 4 aromatic carbocycles. The summed E-state index contributed by atoms with van der Waals surface area (Å²) in [7, 11) is 0. The van der Waals surface area contributed by atoms with Crippen molar-refractivity contribution in [3.05, 3.63) is 114 Å². The molecule has 0 N–H and O–H groups in total. The van der Waals surface area contributed by atoms with Gasteiger partial charge in [0.05, 0.1) is 23.4 Å². The molecule has 2 aliphatic heterocycles. The lowest BCUT2D eigenvalue weighted by Crippen LogP contribution is -2.42. The highest BCUT2D eigenvalue weighted by molar-refractivity contribution is 6.24. The molecule has 4 aromatic rings. The summed E-state index contributed by atoms with van der Waals surface area (Å²) in [6.45, 7) is 1.96. The monoisotopic (exact) mass is 485 g/mol. The second kappa shape index (κ2) is 8.00. The highest BCUT2D eigenvalue weighted by Gasteiger charge is 2.60. The molecule has 1 saturated heterocycles. The zero-order chi connectivity index (χ0) is 25.3. The van der Waals surface area contributed by atoms with E-state index in [2.05, 4.69) is 0 Å². The predicted molar refractivity (Wildman–Crippen MR) is 141 cm³/mol. The number of allylic oxidation sites excluding steroid dienone is 1. The van der Waals surface area contributed by atoms with Gasteiger partial charge in [0.1, 0.15) is 5.75 Å². The number of ether oxygens (including phenoxy) is 1. The molecule has 5 heteroatoms. The average molecular weight is 486 g/mol. The number of amides is 2. The van der Waals surface area contributed by atoms with Crippen molar-refractivity contribution in [1.29, 1.82) is 0 Å². The number of imide groups is 1. The molecule has 2 amide bonds. The molecular weight excluding hydrogens is 462 g/mol. The molecule has 180 valence electrons. The number of nitrogens with zero attached hydrogens (tertiary/aromatic N) is 1. The van der Waals surface area contributed by atoms with Gasteiger partial charge in [-0.15, -0.1) is 0 Å². The molecule has 0 unspecified atom stereocenters. The molecule has 5 nitrogen and oxygen atoms in total. The summed E-state index contributed by atoms with van der Waals surface area (Å²) in [6, 6.07) is 28.8. The number of carbonyl (C=O) groups excluding carboxylic acids is 3. The molecule has 0 bridgehead atoms. The zero-order valence-corrected chi connectivity index (χ0v) is 20.1. The SMILES string of the molecule is Cc1ccc(N2C(=O)[C@@H]3[C@@H]4C(=O)Oc5c(ccc6ccccc56)C4=C[C@H](c4ccccc4)[C@H]3C2=O)cc1. The molecule has 1 fully saturated rings. The Hall–Kier alpha value is -4.51. The van der Waals surface area contributed by atoms with Gasteiger partial charge < -0.3 is 4.74 Å². The summed E-state index contributed by atoms with van der Waals surface area (Å²) >= 11 is 0. The molecule has 37 heavy (non-hydrogen) atoms. The van der Waals surface area contributed by atoms with Gasteiger partial charge in [-0.2, -0.15) is 0 Å². The van der Waals surface area contributed by atoms with Gasteiger partial charge in [-0.05, 0) is 35.6 Å². The van der Waals surface area contributed by atoms with Crippen LogP contribution in [0.15, 0.2) is 97.1 Å². The van der Waals surface area contributed by atoms with Crippen LogP contribution >= 0.6 is 0 Å². The smallest absolute Gasteiger partial charge is 0.319 e. The van der Waals surface area contributed by atoms with Crippen molar-refractivity contribution in [3.8, 4) is 5.75 Å². The van der Waals surface area contributed by atoms with Crippen LogP contribution in [0.5, 0.6) is 5.75 Å². The Labute approximate surface area is 214 Å². The van der Waals surface area contributed by atoms with E-state index in [4.69, 9.17) is 4.74 Å². The van der Waals surface area contributed by atoms with Crippen molar-refractivity contribution < 1.29 is 19.1 Å². The lowest BCUT2D eigenvalue weighted by molar-refractivity contribution is -0.142. The molecule has 3 aliphatic rings. The van der Waals surface area contributed by atoms with Gasteiger partial charge in [0, 0.05) is 16.9 Å². The number of anilines is 1. The molecule has 0 aromatic heterocycles. The predicted octanol–water partition coefficient (Wildman–Crippen LogP) is 5.67.